The molecule has 0 unspecified atom stereocenters. The number of hydrogen-bond acceptors (Lipinski definition) is 7. The number of amides is 2. The fourth-order valence-corrected chi connectivity index (χ4v) is 3.28. The van der Waals surface area contributed by atoms with Gasteiger partial charge in [0, 0.05) is 43.5 Å². The van der Waals surface area contributed by atoms with Crippen molar-refractivity contribution >= 4 is 29.5 Å². The molecule has 1 aliphatic heterocycles. The molecule has 10 heteroatoms. The average Bonchev–Trinajstić information content (AvgIpc) is 3.16. The van der Waals surface area contributed by atoms with Crippen molar-refractivity contribution in [1.82, 2.24) is 20.2 Å². The first-order valence-electron chi connectivity index (χ1n) is 10.4. The summed E-state index contributed by atoms with van der Waals surface area (Å²) in [6, 6.07) is 6.24. The summed E-state index contributed by atoms with van der Waals surface area (Å²) in [4.78, 5) is 33.9. The maximum absolute atomic E-state index is 14.2. The van der Waals surface area contributed by atoms with Crippen LogP contribution in [-0.4, -0.2) is 58.6 Å². The summed E-state index contributed by atoms with van der Waals surface area (Å²) in [5, 5.41) is 8.72. The molecule has 0 spiro atoms. The Kier molecular flexibility index (Phi) is 6.81. The van der Waals surface area contributed by atoms with E-state index >= 15 is 0 Å². The maximum Gasteiger partial charge on any atom is 0.410 e. The fourth-order valence-electron chi connectivity index (χ4n) is 3.28. The smallest absolute Gasteiger partial charge is 0.410 e. The highest BCUT2D eigenvalue weighted by molar-refractivity contribution is 5.95. The molecule has 3 N–H and O–H groups in total. The molecule has 32 heavy (non-hydrogen) atoms. The van der Waals surface area contributed by atoms with Crippen molar-refractivity contribution in [3.63, 3.8) is 0 Å². The fraction of sp³-hybridized carbons (Fsp3) is 0.455. The van der Waals surface area contributed by atoms with Gasteiger partial charge in [-0.25, -0.2) is 4.79 Å². The number of rotatable bonds is 5. The van der Waals surface area contributed by atoms with E-state index in [-0.39, 0.29) is 29.8 Å². The molecule has 2 amide bonds. The predicted octanol–water partition coefficient (Wildman–Crippen LogP) is 3.45. The standard InChI is InChI=1S/C22H29FN6O3/c1-13-6-7-14(19(30)24-5)10-16(13)26-18-11-17(23)27-20(28-18)25-15-8-9-29(12-15)21(31)32-22(2,3)4/h6-7,10-11,15H,8-9,12H2,1-5H3,(H,24,30)(H2,25,26,27,28)/t15-/m1/s1. The van der Waals surface area contributed by atoms with Gasteiger partial charge in [-0.15, -0.1) is 0 Å². The molecule has 9 nitrogen and oxygen atoms in total. The van der Waals surface area contributed by atoms with E-state index in [2.05, 4.69) is 25.9 Å². The Hall–Kier alpha value is -3.43. The van der Waals surface area contributed by atoms with Crippen molar-refractivity contribution < 1.29 is 18.7 Å². The summed E-state index contributed by atoms with van der Waals surface area (Å²) in [6.07, 6.45) is 0.283. The van der Waals surface area contributed by atoms with Crippen molar-refractivity contribution in [1.29, 1.82) is 0 Å². The molecule has 3 rings (SSSR count). The zero-order valence-electron chi connectivity index (χ0n) is 19.0. The van der Waals surface area contributed by atoms with Crippen molar-refractivity contribution in [3.05, 3.63) is 41.3 Å². The second-order valence-corrected chi connectivity index (χ2v) is 8.69. The minimum absolute atomic E-state index is 0.114. The molecule has 0 radical (unpaired) electrons. The SMILES string of the molecule is CNC(=O)c1ccc(C)c(Nc2cc(F)nc(N[C@@H]3CCN(C(=O)OC(C)(C)C)C3)n2)c1. The Bertz CT molecular complexity index is 1010. The van der Waals surface area contributed by atoms with Crippen molar-refractivity contribution in [2.24, 2.45) is 0 Å². The van der Waals surface area contributed by atoms with E-state index in [1.54, 1.807) is 30.1 Å². The number of benzene rings is 1. The molecule has 1 aromatic heterocycles. The summed E-state index contributed by atoms with van der Waals surface area (Å²) in [5.41, 5.74) is 1.41. The Morgan fingerprint density at radius 1 is 1.22 bits per heavy atom. The van der Waals surface area contributed by atoms with E-state index in [0.717, 1.165) is 5.56 Å². The molecular weight excluding hydrogens is 415 g/mol. The molecule has 0 aliphatic carbocycles. The summed E-state index contributed by atoms with van der Waals surface area (Å²) >= 11 is 0. The van der Waals surface area contributed by atoms with Crippen LogP contribution >= 0.6 is 0 Å². The van der Waals surface area contributed by atoms with Crippen molar-refractivity contribution in [2.75, 3.05) is 30.8 Å². The van der Waals surface area contributed by atoms with Gasteiger partial charge in [-0.3, -0.25) is 4.79 Å². The van der Waals surface area contributed by atoms with Gasteiger partial charge in [0.05, 0.1) is 0 Å². The molecule has 2 aromatic rings. The molecule has 1 atom stereocenters. The minimum Gasteiger partial charge on any atom is -0.444 e. The zero-order chi connectivity index (χ0) is 23.5. The van der Waals surface area contributed by atoms with Crippen LogP contribution in [0.25, 0.3) is 0 Å². The topological polar surface area (TPSA) is 108 Å². The number of halogens is 1. The number of aromatic nitrogens is 2. The van der Waals surface area contributed by atoms with Crippen LogP contribution in [0.4, 0.5) is 26.6 Å². The Labute approximate surface area is 186 Å². The summed E-state index contributed by atoms with van der Waals surface area (Å²) in [6.45, 7) is 8.26. The largest absolute Gasteiger partial charge is 0.444 e. The number of nitrogens with one attached hydrogen (secondary N) is 3. The Morgan fingerprint density at radius 2 is 1.97 bits per heavy atom. The van der Waals surface area contributed by atoms with Gasteiger partial charge in [0.1, 0.15) is 11.4 Å². The van der Waals surface area contributed by atoms with Gasteiger partial charge in [0.25, 0.3) is 5.91 Å². The van der Waals surface area contributed by atoms with Gasteiger partial charge in [-0.2, -0.15) is 14.4 Å². The van der Waals surface area contributed by atoms with Gasteiger partial charge >= 0.3 is 6.09 Å². The molecule has 1 aliphatic rings. The summed E-state index contributed by atoms with van der Waals surface area (Å²) in [7, 11) is 1.56. The average molecular weight is 445 g/mol. The van der Waals surface area contributed by atoms with E-state index < -0.39 is 11.5 Å². The normalized spacial score (nSPS) is 15.9. The van der Waals surface area contributed by atoms with E-state index in [9.17, 15) is 14.0 Å². The van der Waals surface area contributed by atoms with Crippen LogP contribution in [0.15, 0.2) is 24.3 Å². The quantitative estimate of drug-likeness (QED) is 0.606. The molecule has 0 saturated carbocycles. The number of nitrogens with zero attached hydrogens (tertiary/aromatic N) is 3. The third-order valence-corrected chi connectivity index (χ3v) is 4.86. The summed E-state index contributed by atoms with van der Waals surface area (Å²) in [5.74, 6) is -0.560. The number of anilines is 3. The molecular formula is C22H29FN6O3. The lowest BCUT2D eigenvalue weighted by atomic mass is 10.1. The number of hydrogen-bond donors (Lipinski definition) is 3. The van der Waals surface area contributed by atoms with Gasteiger partial charge < -0.3 is 25.6 Å². The first-order valence-corrected chi connectivity index (χ1v) is 10.4. The van der Waals surface area contributed by atoms with Crippen LogP contribution in [0.3, 0.4) is 0 Å². The molecule has 1 saturated heterocycles. The molecule has 1 fully saturated rings. The van der Waals surface area contributed by atoms with Crippen molar-refractivity contribution in [3.8, 4) is 0 Å². The van der Waals surface area contributed by atoms with Crippen molar-refractivity contribution in [2.45, 2.75) is 45.8 Å². The van der Waals surface area contributed by atoms with Crippen LogP contribution in [-0.2, 0) is 4.74 Å². The number of aryl methyl sites for hydroxylation is 1. The molecule has 0 bridgehead atoms. The zero-order valence-corrected chi connectivity index (χ0v) is 19.0. The highest BCUT2D eigenvalue weighted by atomic mass is 19.1. The first kappa shape index (κ1) is 23.2. The lowest BCUT2D eigenvalue weighted by Gasteiger charge is -2.24. The van der Waals surface area contributed by atoms with Crippen LogP contribution in [0.1, 0.15) is 43.1 Å². The third kappa shape index (κ3) is 6.05. The molecule has 2 heterocycles. The Balaban J connectivity index is 1.69. The van der Waals surface area contributed by atoms with Gasteiger partial charge in [0.2, 0.25) is 11.9 Å². The number of ether oxygens (including phenoxy) is 1. The van der Waals surface area contributed by atoms with E-state index in [1.165, 1.54) is 6.07 Å². The second kappa shape index (κ2) is 9.37. The summed E-state index contributed by atoms with van der Waals surface area (Å²) < 4.78 is 19.6. The van der Waals surface area contributed by atoms with Crippen LogP contribution in [0, 0.1) is 12.9 Å². The molecule has 172 valence electrons. The molecule has 1 aromatic carbocycles. The van der Waals surface area contributed by atoms with Gasteiger partial charge in [0.15, 0.2) is 0 Å². The highest BCUT2D eigenvalue weighted by Crippen LogP contribution is 2.23. The van der Waals surface area contributed by atoms with E-state index in [4.69, 9.17) is 4.74 Å². The minimum atomic E-state index is -0.702. The number of carbonyl (C=O) groups is 2. The predicted molar refractivity (Wildman–Crippen MR) is 120 cm³/mol. The lowest BCUT2D eigenvalue weighted by Crippen LogP contribution is -2.36. The van der Waals surface area contributed by atoms with Gasteiger partial charge in [-0.05, 0) is 51.8 Å². The highest BCUT2D eigenvalue weighted by Gasteiger charge is 2.30. The lowest BCUT2D eigenvalue weighted by molar-refractivity contribution is 0.0293. The third-order valence-electron chi connectivity index (χ3n) is 4.86. The Morgan fingerprint density at radius 3 is 2.66 bits per heavy atom. The second-order valence-electron chi connectivity index (χ2n) is 8.69. The number of likely N-dealkylation sites (tertiary alicyclic amines) is 1. The number of carbonyl (C=O) groups excluding carboxylic acids is 2. The van der Waals surface area contributed by atoms with E-state index in [1.807, 2.05) is 27.7 Å². The monoisotopic (exact) mass is 444 g/mol. The van der Waals surface area contributed by atoms with Crippen LogP contribution < -0.4 is 16.0 Å². The van der Waals surface area contributed by atoms with Crippen LogP contribution in [0.5, 0.6) is 0 Å². The van der Waals surface area contributed by atoms with Gasteiger partial charge in [-0.1, -0.05) is 6.07 Å². The first-order chi connectivity index (χ1) is 15.0. The van der Waals surface area contributed by atoms with Crippen LogP contribution in [0.2, 0.25) is 0 Å². The maximum atomic E-state index is 14.2. The van der Waals surface area contributed by atoms with E-state index in [0.29, 0.717) is 30.8 Å².